The van der Waals surface area contributed by atoms with Crippen molar-refractivity contribution in [3.05, 3.63) is 42.1 Å². The van der Waals surface area contributed by atoms with Crippen molar-refractivity contribution in [2.75, 3.05) is 0 Å². The minimum absolute atomic E-state index is 0.0460. The molecule has 0 spiro atoms. The van der Waals surface area contributed by atoms with Crippen LogP contribution in [0.5, 0.6) is 0 Å². The minimum Gasteiger partial charge on any atom is -0.598 e. The topological polar surface area (TPSA) is 48.0 Å². The molecule has 102 valence electrons. The highest BCUT2D eigenvalue weighted by atomic mass is 32.2. The lowest BCUT2D eigenvalue weighted by Crippen LogP contribution is -2.40. The molecule has 0 fully saturated rings. The van der Waals surface area contributed by atoms with Crippen LogP contribution in [0.25, 0.3) is 10.9 Å². The smallest absolute Gasteiger partial charge is 0.136 e. The van der Waals surface area contributed by atoms with E-state index in [1.807, 2.05) is 52.0 Å². The lowest BCUT2D eigenvalue weighted by Gasteiger charge is -2.26. The Morgan fingerprint density at radius 3 is 2.68 bits per heavy atom. The quantitative estimate of drug-likeness (QED) is 0.875. The first kappa shape index (κ1) is 14.3. The standard InChI is InChI=1S/C15H20N2OS/c1-11(17-19(18)15(2,3)4)12-7-8-14-13(10-12)6-5-9-16-14/h5-11,17H,1-4H3/t11-,19+/m0/s1. The first-order valence-electron chi connectivity index (χ1n) is 6.40. The number of rotatable bonds is 3. The summed E-state index contributed by atoms with van der Waals surface area (Å²) in [6.07, 6.45) is 1.79. The number of hydrogen-bond acceptors (Lipinski definition) is 3. The molecule has 0 unspecified atom stereocenters. The molecule has 0 saturated carbocycles. The molecular weight excluding hydrogens is 256 g/mol. The normalized spacial score (nSPS) is 15.4. The lowest BCUT2D eigenvalue weighted by molar-refractivity contribution is 0.531. The van der Waals surface area contributed by atoms with E-state index >= 15 is 0 Å². The number of pyridine rings is 1. The number of nitrogens with zero attached hydrogens (tertiary/aromatic N) is 1. The van der Waals surface area contributed by atoms with Crippen LogP contribution < -0.4 is 4.72 Å². The summed E-state index contributed by atoms with van der Waals surface area (Å²) in [6, 6.07) is 10.1. The molecule has 1 N–H and O–H groups in total. The Morgan fingerprint density at radius 1 is 1.26 bits per heavy atom. The summed E-state index contributed by atoms with van der Waals surface area (Å²) < 4.78 is 15.0. The van der Waals surface area contributed by atoms with Gasteiger partial charge >= 0.3 is 0 Å². The predicted molar refractivity (Wildman–Crippen MR) is 81.2 cm³/mol. The van der Waals surface area contributed by atoms with Gasteiger partial charge in [-0.25, -0.2) is 0 Å². The molecule has 0 radical (unpaired) electrons. The van der Waals surface area contributed by atoms with Crippen LogP contribution in [0.1, 0.15) is 39.3 Å². The third-order valence-electron chi connectivity index (χ3n) is 2.97. The molecule has 0 aliphatic carbocycles. The summed E-state index contributed by atoms with van der Waals surface area (Å²) in [5, 5.41) is 1.11. The van der Waals surface area contributed by atoms with Crippen molar-refractivity contribution >= 4 is 22.3 Å². The van der Waals surface area contributed by atoms with E-state index in [9.17, 15) is 4.55 Å². The lowest BCUT2D eigenvalue weighted by atomic mass is 10.1. The highest BCUT2D eigenvalue weighted by Gasteiger charge is 2.28. The number of fused-ring (bicyclic) bond motifs is 1. The molecule has 19 heavy (non-hydrogen) atoms. The molecule has 2 atom stereocenters. The predicted octanol–water partition coefficient (Wildman–Crippen LogP) is 3.35. The number of aromatic nitrogens is 1. The molecule has 0 bridgehead atoms. The second kappa shape index (κ2) is 5.49. The largest absolute Gasteiger partial charge is 0.598 e. The Morgan fingerprint density at radius 2 is 2.00 bits per heavy atom. The molecule has 2 aromatic rings. The van der Waals surface area contributed by atoms with E-state index in [-0.39, 0.29) is 10.8 Å². The fourth-order valence-electron chi connectivity index (χ4n) is 1.77. The van der Waals surface area contributed by atoms with E-state index in [0.717, 1.165) is 16.5 Å². The summed E-state index contributed by atoms with van der Waals surface area (Å²) in [5.74, 6) is 0. The zero-order valence-electron chi connectivity index (χ0n) is 11.8. The minimum atomic E-state index is -1.07. The molecule has 1 heterocycles. The van der Waals surface area contributed by atoms with Gasteiger partial charge in [0.25, 0.3) is 0 Å². The van der Waals surface area contributed by atoms with E-state index in [1.165, 1.54) is 0 Å². The molecule has 1 aromatic carbocycles. The fourth-order valence-corrected chi connectivity index (χ4v) is 2.58. The summed E-state index contributed by atoms with van der Waals surface area (Å²) in [7, 11) is 0. The Kier molecular flexibility index (Phi) is 4.13. The van der Waals surface area contributed by atoms with Crippen molar-refractivity contribution in [1.29, 1.82) is 0 Å². The summed E-state index contributed by atoms with van der Waals surface area (Å²) in [4.78, 5) is 4.30. The third kappa shape index (κ3) is 3.47. The van der Waals surface area contributed by atoms with Gasteiger partial charge < -0.3 is 4.55 Å². The first-order valence-corrected chi connectivity index (χ1v) is 7.55. The number of benzene rings is 1. The summed E-state index contributed by atoms with van der Waals surface area (Å²) >= 11 is -1.07. The van der Waals surface area contributed by atoms with E-state index < -0.39 is 11.4 Å². The van der Waals surface area contributed by atoms with Gasteiger partial charge in [0, 0.05) is 22.9 Å². The second-order valence-electron chi connectivity index (χ2n) is 5.68. The van der Waals surface area contributed by atoms with Crippen molar-refractivity contribution in [2.45, 2.75) is 38.5 Å². The summed E-state index contributed by atoms with van der Waals surface area (Å²) in [6.45, 7) is 7.93. The molecule has 4 heteroatoms. The van der Waals surface area contributed by atoms with Crippen LogP contribution in [0.4, 0.5) is 0 Å². The maximum absolute atomic E-state index is 12.1. The van der Waals surface area contributed by atoms with Gasteiger partial charge in [-0.3, -0.25) is 4.98 Å². The second-order valence-corrected chi connectivity index (χ2v) is 7.67. The molecule has 0 amide bonds. The monoisotopic (exact) mass is 276 g/mol. The Hall–Kier alpha value is -1.10. The molecule has 1 aromatic heterocycles. The molecular formula is C15H20N2OS. The van der Waals surface area contributed by atoms with Crippen LogP contribution in [0.3, 0.4) is 0 Å². The van der Waals surface area contributed by atoms with Crippen molar-refractivity contribution in [2.24, 2.45) is 0 Å². The van der Waals surface area contributed by atoms with Crippen LogP contribution in [-0.2, 0) is 11.4 Å². The SMILES string of the molecule is C[C@H](N[S@+]([O-])C(C)(C)C)c1ccc2ncccc2c1. The van der Waals surface area contributed by atoms with Crippen LogP contribution in [0, 0.1) is 0 Å². The van der Waals surface area contributed by atoms with Gasteiger partial charge in [-0.2, -0.15) is 0 Å². The third-order valence-corrected chi connectivity index (χ3v) is 4.65. The highest BCUT2D eigenvalue weighted by Crippen LogP contribution is 2.22. The van der Waals surface area contributed by atoms with Gasteiger partial charge in [-0.1, -0.05) is 12.1 Å². The van der Waals surface area contributed by atoms with Crippen molar-refractivity contribution in [3.63, 3.8) is 0 Å². The van der Waals surface area contributed by atoms with E-state index in [2.05, 4.69) is 15.8 Å². The Bertz CT molecular complexity index is 565. The van der Waals surface area contributed by atoms with E-state index in [0.29, 0.717) is 0 Å². The average Bonchev–Trinajstić information content (AvgIpc) is 2.37. The van der Waals surface area contributed by atoms with Crippen molar-refractivity contribution in [3.8, 4) is 0 Å². The van der Waals surface area contributed by atoms with Gasteiger partial charge in [-0.15, -0.1) is 4.72 Å². The average molecular weight is 276 g/mol. The number of hydrogen-bond donors (Lipinski definition) is 1. The molecule has 0 saturated heterocycles. The molecule has 2 rings (SSSR count). The highest BCUT2D eigenvalue weighted by molar-refractivity contribution is 7.90. The van der Waals surface area contributed by atoms with Crippen LogP contribution in [0.2, 0.25) is 0 Å². The van der Waals surface area contributed by atoms with Crippen LogP contribution in [-0.4, -0.2) is 14.3 Å². The van der Waals surface area contributed by atoms with Crippen LogP contribution in [0.15, 0.2) is 36.5 Å². The van der Waals surface area contributed by atoms with E-state index in [4.69, 9.17) is 0 Å². The van der Waals surface area contributed by atoms with Crippen molar-refractivity contribution in [1.82, 2.24) is 9.71 Å². The van der Waals surface area contributed by atoms with Gasteiger partial charge in [0.05, 0.1) is 11.6 Å². The fraction of sp³-hybridized carbons (Fsp3) is 0.400. The van der Waals surface area contributed by atoms with Gasteiger partial charge in [0.1, 0.15) is 4.75 Å². The maximum Gasteiger partial charge on any atom is 0.136 e. The summed E-state index contributed by atoms with van der Waals surface area (Å²) in [5.41, 5.74) is 2.11. The van der Waals surface area contributed by atoms with Crippen molar-refractivity contribution < 1.29 is 4.55 Å². The molecule has 3 nitrogen and oxygen atoms in total. The van der Waals surface area contributed by atoms with E-state index in [1.54, 1.807) is 6.20 Å². The first-order chi connectivity index (χ1) is 8.88. The zero-order chi connectivity index (χ0) is 14.0. The Balaban J connectivity index is 2.19. The van der Waals surface area contributed by atoms with Gasteiger partial charge in [-0.05, 0) is 51.5 Å². The van der Waals surface area contributed by atoms with Gasteiger partial charge in [0.2, 0.25) is 0 Å². The maximum atomic E-state index is 12.1. The van der Waals surface area contributed by atoms with Gasteiger partial charge in [0.15, 0.2) is 0 Å². The molecule has 0 aliphatic rings. The Labute approximate surface area is 117 Å². The van der Waals surface area contributed by atoms with Crippen LogP contribution >= 0.6 is 0 Å². The molecule has 0 aliphatic heterocycles. The number of nitrogens with one attached hydrogen (secondary N) is 1. The zero-order valence-corrected chi connectivity index (χ0v) is 12.6.